The Morgan fingerprint density at radius 2 is 2.03 bits per heavy atom. The molecule has 0 bridgehead atoms. The Morgan fingerprint density at radius 1 is 1.22 bits per heavy atom. The fourth-order valence-electron chi connectivity index (χ4n) is 3.68. The molecule has 1 N–H and O–H groups in total. The van der Waals surface area contributed by atoms with Gasteiger partial charge in [0.2, 0.25) is 0 Å². The van der Waals surface area contributed by atoms with Crippen LogP contribution in [0.25, 0.3) is 11.9 Å². The van der Waals surface area contributed by atoms with Gasteiger partial charge in [0.1, 0.15) is 11.2 Å². The molecule has 1 aliphatic heterocycles. The first-order valence-electron chi connectivity index (χ1n) is 10.3. The van der Waals surface area contributed by atoms with E-state index in [2.05, 4.69) is 16.4 Å². The number of ether oxygens (including phenoxy) is 1. The van der Waals surface area contributed by atoms with Crippen molar-refractivity contribution in [1.82, 2.24) is 10.3 Å². The van der Waals surface area contributed by atoms with E-state index in [0.717, 1.165) is 11.1 Å². The molecule has 1 aliphatic rings. The standard InChI is InChI=1S/C26H22FN3O2/c1-26(16-28)17-32-15-21-8-7-20(13-23(21)26)25(31)30-14-22-11-18(9-10-29-22)12-24(27)19-5-3-2-4-6-19/h2-13H,14-15,17H2,1H3,(H,30,31)/b24-12-/t26-/m1/s1. The first-order chi connectivity index (χ1) is 15.5. The van der Waals surface area contributed by atoms with Gasteiger partial charge >= 0.3 is 0 Å². The maximum absolute atomic E-state index is 14.5. The fourth-order valence-corrected chi connectivity index (χ4v) is 3.68. The number of benzene rings is 2. The zero-order valence-corrected chi connectivity index (χ0v) is 17.6. The number of amides is 1. The fraction of sp³-hybridized carbons (Fsp3) is 0.192. The Balaban J connectivity index is 1.47. The molecule has 0 radical (unpaired) electrons. The first kappa shape index (κ1) is 21.4. The number of carbonyl (C=O) groups excluding carboxylic acids is 1. The van der Waals surface area contributed by atoms with Crippen LogP contribution in [0.1, 0.15) is 45.2 Å². The molecule has 1 atom stereocenters. The van der Waals surface area contributed by atoms with Crippen molar-refractivity contribution >= 4 is 17.8 Å². The molecule has 2 heterocycles. The molecule has 160 valence electrons. The Hall–Kier alpha value is -3.82. The van der Waals surface area contributed by atoms with Crippen molar-refractivity contribution in [2.24, 2.45) is 0 Å². The van der Waals surface area contributed by atoms with Crippen LogP contribution in [0.2, 0.25) is 0 Å². The summed E-state index contributed by atoms with van der Waals surface area (Å²) in [5, 5.41) is 12.4. The average Bonchev–Trinajstić information content (AvgIpc) is 2.83. The van der Waals surface area contributed by atoms with E-state index >= 15 is 0 Å². The second-order valence-electron chi connectivity index (χ2n) is 7.93. The van der Waals surface area contributed by atoms with Gasteiger partial charge in [0.05, 0.1) is 31.5 Å². The van der Waals surface area contributed by atoms with Crippen LogP contribution >= 0.6 is 0 Å². The number of carbonyl (C=O) groups is 1. The number of fused-ring (bicyclic) bond motifs is 1. The number of nitrogens with zero attached hydrogens (tertiary/aromatic N) is 2. The molecule has 5 nitrogen and oxygen atoms in total. The summed E-state index contributed by atoms with van der Waals surface area (Å²) in [6.45, 7) is 2.73. The van der Waals surface area contributed by atoms with Gasteiger partial charge in [0.25, 0.3) is 5.91 Å². The summed E-state index contributed by atoms with van der Waals surface area (Å²) < 4.78 is 20.0. The molecule has 0 saturated heterocycles. The molecule has 0 spiro atoms. The molecule has 3 aromatic rings. The Kier molecular flexibility index (Phi) is 6.11. The quantitative estimate of drug-likeness (QED) is 0.635. The van der Waals surface area contributed by atoms with Gasteiger partial charge < -0.3 is 10.1 Å². The Morgan fingerprint density at radius 3 is 2.81 bits per heavy atom. The number of pyridine rings is 1. The van der Waals surface area contributed by atoms with E-state index in [9.17, 15) is 14.4 Å². The summed E-state index contributed by atoms with van der Waals surface area (Å²) in [6.07, 6.45) is 3.03. The molecule has 1 aromatic heterocycles. The smallest absolute Gasteiger partial charge is 0.251 e. The third-order valence-electron chi connectivity index (χ3n) is 5.48. The average molecular weight is 427 g/mol. The van der Waals surface area contributed by atoms with Crippen LogP contribution in [0.5, 0.6) is 0 Å². The van der Waals surface area contributed by atoms with E-state index in [1.165, 1.54) is 6.08 Å². The van der Waals surface area contributed by atoms with Crippen molar-refractivity contribution in [3.05, 3.63) is 100 Å². The van der Waals surface area contributed by atoms with Gasteiger partial charge in [-0.3, -0.25) is 9.78 Å². The summed E-state index contributed by atoms with van der Waals surface area (Å²) in [6, 6.07) is 19.9. The minimum atomic E-state index is -0.783. The highest BCUT2D eigenvalue weighted by Crippen LogP contribution is 2.32. The van der Waals surface area contributed by atoms with E-state index in [1.807, 2.05) is 19.1 Å². The van der Waals surface area contributed by atoms with Crippen LogP contribution in [0, 0.1) is 11.3 Å². The predicted octanol–water partition coefficient (Wildman–Crippen LogP) is 4.79. The van der Waals surface area contributed by atoms with Crippen LogP contribution in [-0.4, -0.2) is 17.5 Å². The van der Waals surface area contributed by atoms with E-state index in [1.54, 1.807) is 54.7 Å². The van der Waals surface area contributed by atoms with Crippen LogP contribution < -0.4 is 5.32 Å². The predicted molar refractivity (Wildman–Crippen MR) is 120 cm³/mol. The first-order valence-corrected chi connectivity index (χ1v) is 10.3. The van der Waals surface area contributed by atoms with Crippen molar-refractivity contribution in [1.29, 1.82) is 5.26 Å². The van der Waals surface area contributed by atoms with Gasteiger partial charge in [-0.05, 0) is 54.0 Å². The van der Waals surface area contributed by atoms with Crippen molar-refractivity contribution in [2.75, 3.05) is 6.61 Å². The van der Waals surface area contributed by atoms with Gasteiger partial charge in [-0.15, -0.1) is 0 Å². The summed E-state index contributed by atoms with van der Waals surface area (Å²) in [5.74, 6) is -0.608. The van der Waals surface area contributed by atoms with Crippen molar-refractivity contribution in [2.45, 2.75) is 25.5 Å². The largest absolute Gasteiger partial charge is 0.375 e. The number of nitrogens with one attached hydrogen (secondary N) is 1. The van der Waals surface area contributed by atoms with Crippen LogP contribution in [0.3, 0.4) is 0 Å². The molecule has 0 unspecified atom stereocenters. The number of rotatable bonds is 5. The third-order valence-corrected chi connectivity index (χ3v) is 5.48. The minimum absolute atomic E-state index is 0.198. The summed E-state index contributed by atoms with van der Waals surface area (Å²) in [4.78, 5) is 17.0. The van der Waals surface area contributed by atoms with Crippen molar-refractivity contribution in [3.8, 4) is 6.07 Å². The lowest BCUT2D eigenvalue weighted by Crippen LogP contribution is -2.33. The molecule has 0 fully saturated rings. The van der Waals surface area contributed by atoms with Crippen LogP contribution in [-0.2, 0) is 23.3 Å². The van der Waals surface area contributed by atoms with E-state index in [4.69, 9.17) is 4.74 Å². The maximum Gasteiger partial charge on any atom is 0.251 e. The Bertz CT molecular complexity index is 1220. The molecular weight excluding hydrogens is 405 g/mol. The molecule has 4 rings (SSSR count). The highest BCUT2D eigenvalue weighted by Gasteiger charge is 2.33. The van der Waals surface area contributed by atoms with Gasteiger partial charge in [0.15, 0.2) is 0 Å². The lowest BCUT2D eigenvalue weighted by molar-refractivity contribution is 0.0757. The van der Waals surface area contributed by atoms with Gasteiger partial charge in [-0.25, -0.2) is 4.39 Å². The molecule has 2 aromatic carbocycles. The SMILES string of the molecule is C[C@@]1(C#N)COCc2ccc(C(=O)NCc3cc(/C=C(\F)c4ccccc4)ccn3)cc21. The zero-order valence-electron chi connectivity index (χ0n) is 17.6. The lowest BCUT2D eigenvalue weighted by Gasteiger charge is -2.30. The number of hydrogen-bond donors (Lipinski definition) is 1. The summed E-state index contributed by atoms with van der Waals surface area (Å²) in [5.41, 5.74) is 3.19. The minimum Gasteiger partial charge on any atom is -0.375 e. The Labute approximate surface area is 186 Å². The highest BCUT2D eigenvalue weighted by atomic mass is 19.1. The van der Waals surface area contributed by atoms with E-state index in [-0.39, 0.29) is 18.3 Å². The topological polar surface area (TPSA) is 75.0 Å². The highest BCUT2D eigenvalue weighted by molar-refractivity contribution is 5.94. The zero-order chi connectivity index (χ0) is 22.6. The van der Waals surface area contributed by atoms with Crippen LogP contribution in [0.4, 0.5) is 4.39 Å². The van der Waals surface area contributed by atoms with Gasteiger partial charge in [0, 0.05) is 17.3 Å². The normalized spacial score (nSPS) is 17.8. The number of halogens is 1. The van der Waals surface area contributed by atoms with E-state index in [0.29, 0.717) is 35.6 Å². The number of aromatic nitrogens is 1. The van der Waals surface area contributed by atoms with Gasteiger partial charge in [-0.1, -0.05) is 36.4 Å². The third kappa shape index (κ3) is 4.58. The second kappa shape index (κ2) is 9.13. The molecular formula is C26H22FN3O2. The van der Waals surface area contributed by atoms with Crippen molar-refractivity contribution < 1.29 is 13.9 Å². The summed E-state index contributed by atoms with van der Waals surface area (Å²) >= 11 is 0. The second-order valence-corrected chi connectivity index (χ2v) is 7.93. The summed E-state index contributed by atoms with van der Waals surface area (Å²) in [7, 11) is 0. The molecule has 0 saturated carbocycles. The molecule has 1 amide bonds. The van der Waals surface area contributed by atoms with Crippen molar-refractivity contribution in [3.63, 3.8) is 0 Å². The lowest BCUT2D eigenvalue weighted by atomic mass is 9.79. The molecule has 32 heavy (non-hydrogen) atoms. The maximum atomic E-state index is 14.5. The monoisotopic (exact) mass is 427 g/mol. The number of hydrogen-bond acceptors (Lipinski definition) is 4. The molecule has 6 heteroatoms. The molecule has 0 aliphatic carbocycles. The van der Waals surface area contributed by atoms with E-state index < -0.39 is 5.41 Å². The van der Waals surface area contributed by atoms with Crippen LogP contribution in [0.15, 0.2) is 66.9 Å². The number of nitriles is 1. The van der Waals surface area contributed by atoms with Gasteiger partial charge in [-0.2, -0.15) is 5.26 Å².